The van der Waals surface area contributed by atoms with Gasteiger partial charge in [-0.2, -0.15) is 0 Å². The molecule has 0 aliphatic carbocycles. The molecule has 0 saturated carbocycles. The van der Waals surface area contributed by atoms with Gasteiger partial charge in [0.2, 0.25) is 5.91 Å². The number of carbonyl (C=O) groups excluding carboxylic acids is 2. The number of nitrogens with one attached hydrogen (secondary N) is 2. The molecular weight excluding hydrogens is 496 g/mol. The van der Waals surface area contributed by atoms with Crippen LogP contribution in [0.2, 0.25) is 0 Å². The number of benzene rings is 3. The van der Waals surface area contributed by atoms with E-state index in [1.807, 2.05) is 62.4 Å². The second kappa shape index (κ2) is 11.0. The molecule has 2 heterocycles. The molecule has 1 aromatic heterocycles. The number of aryl methyl sites for hydroxylation is 1. The maximum Gasteiger partial charge on any atom is 0.274 e. The van der Waals surface area contributed by atoms with Crippen LogP contribution in [0, 0.1) is 6.92 Å². The second-order valence-electron chi connectivity index (χ2n) is 9.60. The van der Waals surface area contributed by atoms with Crippen molar-refractivity contribution in [3.05, 3.63) is 77.5 Å². The van der Waals surface area contributed by atoms with Crippen LogP contribution in [-0.2, 0) is 11.3 Å². The summed E-state index contributed by atoms with van der Waals surface area (Å²) in [7, 11) is 0. The van der Waals surface area contributed by atoms with E-state index in [1.165, 1.54) is 6.07 Å². The lowest BCUT2D eigenvalue weighted by atomic mass is 9.94. The van der Waals surface area contributed by atoms with Crippen LogP contribution in [0.25, 0.3) is 33.6 Å². The van der Waals surface area contributed by atoms with Gasteiger partial charge in [-0.15, -0.1) is 0 Å². The molecule has 0 unspecified atom stereocenters. The summed E-state index contributed by atoms with van der Waals surface area (Å²) in [5.74, 6) is -0.466. The van der Waals surface area contributed by atoms with Crippen LogP contribution in [0.3, 0.4) is 0 Å². The highest BCUT2D eigenvalue weighted by atomic mass is 16.5. The Morgan fingerprint density at radius 2 is 1.72 bits per heavy atom. The van der Waals surface area contributed by atoms with Crippen LogP contribution >= 0.6 is 0 Å². The molecule has 1 aliphatic rings. The number of piperazine rings is 1. The third kappa shape index (κ3) is 5.49. The van der Waals surface area contributed by atoms with E-state index in [1.54, 1.807) is 6.07 Å². The number of aromatic nitrogens is 1. The molecule has 4 N–H and O–H groups in total. The van der Waals surface area contributed by atoms with Crippen molar-refractivity contribution in [1.29, 1.82) is 0 Å². The smallest absolute Gasteiger partial charge is 0.274 e. The molecule has 9 nitrogen and oxygen atoms in total. The van der Waals surface area contributed by atoms with Gasteiger partial charge >= 0.3 is 0 Å². The van der Waals surface area contributed by atoms with Crippen molar-refractivity contribution >= 4 is 11.8 Å². The summed E-state index contributed by atoms with van der Waals surface area (Å²) < 4.78 is 5.69. The molecule has 1 saturated heterocycles. The molecule has 0 atom stereocenters. The average molecular weight is 527 g/mol. The fraction of sp³-hybridized carbons (Fsp3) is 0.233. The number of amides is 2. The molecule has 5 rings (SSSR count). The molecule has 0 radical (unpaired) electrons. The molecule has 2 amide bonds. The Kier molecular flexibility index (Phi) is 7.33. The summed E-state index contributed by atoms with van der Waals surface area (Å²) in [6.45, 7) is 6.56. The van der Waals surface area contributed by atoms with Crippen molar-refractivity contribution in [3.63, 3.8) is 0 Å². The van der Waals surface area contributed by atoms with E-state index in [9.17, 15) is 19.8 Å². The number of rotatable bonds is 7. The van der Waals surface area contributed by atoms with Gasteiger partial charge in [-0.05, 0) is 36.6 Å². The fourth-order valence-electron chi connectivity index (χ4n) is 4.73. The summed E-state index contributed by atoms with van der Waals surface area (Å²) >= 11 is 0. The first-order chi connectivity index (χ1) is 18.8. The van der Waals surface area contributed by atoms with Gasteiger partial charge in [0.1, 0.15) is 11.5 Å². The van der Waals surface area contributed by atoms with E-state index in [4.69, 9.17) is 4.52 Å². The highest BCUT2D eigenvalue weighted by molar-refractivity contribution is 6.03. The van der Waals surface area contributed by atoms with Gasteiger partial charge in [-0.25, -0.2) is 0 Å². The molecule has 200 valence electrons. The number of aromatic hydroxyl groups is 2. The van der Waals surface area contributed by atoms with E-state index in [0.717, 1.165) is 23.2 Å². The standard InChI is InChI=1S/C30H30N4O5/c1-3-31-30(38)28-27(21-10-6-19(7-11-21)16-34-13-12-32-26(37)17-34)29(39-33-28)23-14-22(24(35)15-25(23)36)20-8-4-18(2)5-9-20/h4-11,14-15,35-36H,3,12-13,16-17H2,1-2H3,(H,31,38)(H,32,37). The molecule has 4 aromatic rings. The van der Waals surface area contributed by atoms with Gasteiger partial charge in [0, 0.05) is 37.8 Å². The molecule has 1 fully saturated rings. The minimum Gasteiger partial charge on any atom is -0.507 e. The zero-order chi connectivity index (χ0) is 27.5. The Balaban J connectivity index is 1.56. The topological polar surface area (TPSA) is 128 Å². The Morgan fingerprint density at radius 3 is 2.41 bits per heavy atom. The third-order valence-corrected chi connectivity index (χ3v) is 6.73. The van der Waals surface area contributed by atoms with Crippen LogP contribution in [0.4, 0.5) is 0 Å². The van der Waals surface area contributed by atoms with Gasteiger partial charge < -0.3 is 25.4 Å². The minimum absolute atomic E-state index is 0.0114. The number of hydrogen-bond acceptors (Lipinski definition) is 7. The van der Waals surface area contributed by atoms with Crippen LogP contribution in [0.5, 0.6) is 11.5 Å². The van der Waals surface area contributed by atoms with Gasteiger partial charge in [-0.3, -0.25) is 14.5 Å². The predicted octanol–water partition coefficient (Wildman–Crippen LogP) is 4.08. The van der Waals surface area contributed by atoms with E-state index in [2.05, 4.69) is 20.7 Å². The molecule has 3 aromatic carbocycles. The van der Waals surface area contributed by atoms with Gasteiger partial charge in [-0.1, -0.05) is 59.3 Å². The quantitative estimate of drug-likeness (QED) is 0.286. The number of carbonyl (C=O) groups is 2. The lowest BCUT2D eigenvalue weighted by Crippen LogP contribution is -2.47. The maximum absolute atomic E-state index is 12.9. The summed E-state index contributed by atoms with van der Waals surface area (Å²) in [4.78, 5) is 26.7. The van der Waals surface area contributed by atoms with E-state index in [-0.39, 0.29) is 28.9 Å². The monoisotopic (exact) mass is 526 g/mol. The highest BCUT2D eigenvalue weighted by Crippen LogP contribution is 2.44. The van der Waals surface area contributed by atoms with E-state index in [0.29, 0.717) is 48.4 Å². The Morgan fingerprint density at radius 1 is 1.03 bits per heavy atom. The van der Waals surface area contributed by atoms with E-state index >= 15 is 0 Å². The SMILES string of the molecule is CCNC(=O)c1noc(-c2cc(-c3ccc(C)cc3)c(O)cc2O)c1-c1ccc(CN2CCNC(=O)C2)cc1. The fourth-order valence-corrected chi connectivity index (χ4v) is 4.73. The molecule has 0 bridgehead atoms. The lowest BCUT2D eigenvalue weighted by Gasteiger charge is -2.26. The lowest BCUT2D eigenvalue weighted by molar-refractivity contribution is -0.124. The Bertz CT molecular complexity index is 1510. The van der Waals surface area contributed by atoms with Crippen molar-refractivity contribution in [2.45, 2.75) is 20.4 Å². The molecular formula is C30H30N4O5. The van der Waals surface area contributed by atoms with Gasteiger partial charge in [0.15, 0.2) is 11.5 Å². The van der Waals surface area contributed by atoms with Crippen LogP contribution in [0.1, 0.15) is 28.5 Å². The zero-order valence-corrected chi connectivity index (χ0v) is 21.8. The normalized spacial score (nSPS) is 13.7. The largest absolute Gasteiger partial charge is 0.507 e. The van der Waals surface area contributed by atoms with Crippen molar-refractivity contribution in [2.75, 3.05) is 26.2 Å². The number of phenols is 2. The van der Waals surface area contributed by atoms with E-state index < -0.39 is 5.91 Å². The first kappa shape index (κ1) is 26.0. The summed E-state index contributed by atoms with van der Waals surface area (Å²) in [5.41, 5.74) is 4.86. The van der Waals surface area contributed by atoms with Crippen molar-refractivity contribution < 1.29 is 24.3 Å². The first-order valence-corrected chi connectivity index (χ1v) is 12.8. The first-order valence-electron chi connectivity index (χ1n) is 12.8. The average Bonchev–Trinajstić information content (AvgIpc) is 3.35. The van der Waals surface area contributed by atoms with Crippen LogP contribution < -0.4 is 10.6 Å². The highest BCUT2D eigenvalue weighted by Gasteiger charge is 2.27. The molecule has 39 heavy (non-hydrogen) atoms. The van der Waals surface area contributed by atoms with Crippen molar-refractivity contribution in [2.24, 2.45) is 0 Å². The van der Waals surface area contributed by atoms with Crippen molar-refractivity contribution in [1.82, 2.24) is 20.7 Å². The maximum atomic E-state index is 12.9. The second-order valence-corrected chi connectivity index (χ2v) is 9.60. The summed E-state index contributed by atoms with van der Waals surface area (Å²) in [6, 6.07) is 18.2. The zero-order valence-electron chi connectivity index (χ0n) is 21.8. The van der Waals surface area contributed by atoms with Crippen molar-refractivity contribution in [3.8, 4) is 45.1 Å². The number of nitrogens with zero attached hydrogens (tertiary/aromatic N) is 2. The molecule has 0 spiro atoms. The number of phenolic OH excluding ortho intramolecular Hbond substituents is 2. The Hall–Kier alpha value is -4.63. The minimum atomic E-state index is -0.400. The molecule has 1 aliphatic heterocycles. The predicted molar refractivity (Wildman–Crippen MR) is 147 cm³/mol. The van der Waals surface area contributed by atoms with Gasteiger partial charge in [0.25, 0.3) is 5.91 Å². The number of hydrogen-bond donors (Lipinski definition) is 4. The van der Waals surface area contributed by atoms with Crippen LogP contribution in [-0.4, -0.2) is 58.3 Å². The third-order valence-electron chi connectivity index (χ3n) is 6.73. The van der Waals surface area contributed by atoms with Crippen LogP contribution in [0.15, 0.2) is 65.2 Å². The Labute approximate surface area is 226 Å². The summed E-state index contributed by atoms with van der Waals surface area (Å²) in [5, 5.41) is 31.1. The summed E-state index contributed by atoms with van der Waals surface area (Å²) in [6.07, 6.45) is 0. The van der Waals surface area contributed by atoms with Gasteiger partial charge in [0.05, 0.1) is 17.7 Å². The molecule has 9 heteroatoms.